The van der Waals surface area contributed by atoms with Crippen LogP contribution in [0.1, 0.15) is 16.8 Å². The van der Waals surface area contributed by atoms with Gasteiger partial charge in [-0.2, -0.15) is 13.2 Å². The molecule has 0 saturated heterocycles. The molecule has 0 spiro atoms. The molecular weight excluding hydrogens is 282 g/mol. The van der Waals surface area contributed by atoms with E-state index in [1.54, 1.807) is 0 Å². The molecule has 0 aromatic carbocycles. The number of rotatable bonds is 3. The highest BCUT2D eigenvalue weighted by molar-refractivity contribution is 5.37. The molecule has 0 aliphatic heterocycles. The smallest absolute Gasteiger partial charge is 0.390 e. The van der Waals surface area contributed by atoms with E-state index in [9.17, 15) is 26.3 Å². The van der Waals surface area contributed by atoms with Gasteiger partial charge in [0.1, 0.15) is 0 Å². The molecule has 0 saturated carbocycles. The average Bonchev–Trinajstić information content (AvgIpc) is 2.24. The van der Waals surface area contributed by atoms with Gasteiger partial charge in [0.05, 0.1) is 17.9 Å². The minimum Gasteiger partial charge on any atom is -0.390 e. The van der Waals surface area contributed by atoms with E-state index in [0.717, 1.165) is 0 Å². The number of ether oxygens (including phenoxy) is 1. The first-order valence-corrected chi connectivity index (χ1v) is 4.75. The van der Waals surface area contributed by atoms with E-state index in [2.05, 4.69) is 9.72 Å². The van der Waals surface area contributed by atoms with Crippen molar-refractivity contribution in [1.82, 2.24) is 4.98 Å². The Balaban J connectivity index is 3.39. The number of alkyl halides is 6. The Kier molecular flexibility index (Phi) is 4.25. The second-order valence-electron chi connectivity index (χ2n) is 3.34. The summed E-state index contributed by atoms with van der Waals surface area (Å²) >= 11 is 0. The zero-order valence-electron chi connectivity index (χ0n) is 9.14. The van der Waals surface area contributed by atoms with Crippen LogP contribution in [0, 0.1) is 0 Å². The summed E-state index contributed by atoms with van der Waals surface area (Å²) in [6, 6.07) is 0.0921. The quantitative estimate of drug-likeness (QED) is 0.835. The minimum absolute atomic E-state index is 0.0921. The van der Waals surface area contributed by atoms with Gasteiger partial charge in [-0.15, -0.1) is 13.2 Å². The van der Waals surface area contributed by atoms with E-state index in [-0.39, 0.29) is 6.07 Å². The van der Waals surface area contributed by atoms with Crippen LogP contribution in [0.25, 0.3) is 0 Å². The Labute approximate surface area is 102 Å². The maximum atomic E-state index is 12.7. The number of pyridine rings is 1. The van der Waals surface area contributed by atoms with Crippen molar-refractivity contribution < 1.29 is 36.2 Å². The van der Waals surface area contributed by atoms with E-state index >= 15 is 0 Å². The third-order valence-corrected chi connectivity index (χ3v) is 2.07. The fourth-order valence-corrected chi connectivity index (χ4v) is 1.38. The molecule has 1 aromatic rings. The van der Waals surface area contributed by atoms with Gasteiger partial charge < -0.3 is 15.6 Å². The molecule has 10 heteroatoms. The van der Waals surface area contributed by atoms with Crippen molar-refractivity contribution in [2.75, 3.05) is 0 Å². The molecule has 0 bridgehead atoms. The van der Waals surface area contributed by atoms with Crippen LogP contribution in [0.15, 0.2) is 6.07 Å². The number of nitrogens with zero attached hydrogens (tertiary/aromatic N) is 1. The maximum Gasteiger partial charge on any atom is 0.574 e. The van der Waals surface area contributed by atoms with Crippen molar-refractivity contribution >= 4 is 0 Å². The molecule has 1 aromatic heterocycles. The Morgan fingerprint density at radius 3 is 2.16 bits per heavy atom. The normalized spacial score (nSPS) is 12.6. The lowest BCUT2D eigenvalue weighted by Crippen LogP contribution is -2.21. The molecule has 0 fully saturated rings. The molecule has 0 radical (unpaired) electrons. The fourth-order valence-electron chi connectivity index (χ4n) is 1.38. The van der Waals surface area contributed by atoms with E-state index in [1.807, 2.05) is 0 Å². The summed E-state index contributed by atoms with van der Waals surface area (Å²) in [4.78, 5) is 3.15. The molecule has 1 rings (SSSR count). The number of hydrogen-bond acceptors (Lipinski definition) is 4. The monoisotopic (exact) mass is 290 g/mol. The van der Waals surface area contributed by atoms with Gasteiger partial charge in [-0.3, -0.25) is 0 Å². The molecular formula is C9H8F6N2O2. The molecule has 0 atom stereocenters. The van der Waals surface area contributed by atoms with E-state index < -0.39 is 48.4 Å². The zero-order chi connectivity index (χ0) is 14.8. The molecule has 0 amide bonds. The molecule has 1 heterocycles. The third kappa shape index (κ3) is 3.96. The van der Waals surface area contributed by atoms with E-state index in [0.29, 0.717) is 0 Å². The minimum atomic E-state index is -5.19. The number of hydrogen-bond donors (Lipinski definition) is 2. The highest BCUT2D eigenvalue weighted by Crippen LogP contribution is 2.36. The van der Waals surface area contributed by atoms with Crippen molar-refractivity contribution in [2.45, 2.75) is 25.7 Å². The van der Waals surface area contributed by atoms with Crippen molar-refractivity contribution in [3.05, 3.63) is 22.9 Å². The van der Waals surface area contributed by atoms with Crippen LogP contribution in [0.2, 0.25) is 0 Å². The van der Waals surface area contributed by atoms with Gasteiger partial charge in [0.2, 0.25) is 5.88 Å². The zero-order valence-corrected chi connectivity index (χ0v) is 9.14. The number of aliphatic hydroxyl groups is 1. The summed E-state index contributed by atoms with van der Waals surface area (Å²) in [7, 11) is 0. The number of halogens is 6. The van der Waals surface area contributed by atoms with Crippen LogP contribution in [-0.2, 0) is 19.3 Å². The second kappa shape index (κ2) is 5.21. The van der Waals surface area contributed by atoms with Crippen molar-refractivity contribution in [1.29, 1.82) is 0 Å². The Bertz CT molecular complexity index is 457. The summed E-state index contributed by atoms with van der Waals surface area (Å²) in [6.07, 6.45) is -10.1. The number of aromatic nitrogens is 1. The Hall–Kier alpha value is -1.55. The first-order valence-electron chi connectivity index (χ1n) is 4.75. The topological polar surface area (TPSA) is 68.4 Å². The summed E-state index contributed by atoms with van der Waals surface area (Å²) in [6.45, 7) is -1.63. The van der Waals surface area contributed by atoms with Crippen LogP contribution < -0.4 is 10.5 Å². The van der Waals surface area contributed by atoms with Gasteiger partial charge in [0.15, 0.2) is 0 Å². The highest BCUT2D eigenvalue weighted by atomic mass is 19.4. The summed E-state index contributed by atoms with van der Waals surface area (Å²) in [5.74, 6) is -1.30. The van der Waals surface area contributed by atoms with Gasteiger partial charge in [0.25, 0.3) is 0 Å². The van der Waals surface area contributed by atoms with E-state index in [4.69, 9.17) is 10.8 Å². The first-order chi connectivity index (χ1) is 8.58. The van der Waals surface area contributed by atoms with Crippen molar-refractivity contribution in [3.8, 4) is 5.88 Å². The maximum absolute atomic E-state index is 12.7. The predicted octanol–water partition coefficient (Wildman–Crippen LogP) is 1.95. The predicted molar refractivity (Wildman–Crippen MR) is 49.7 cm³/mol. The van der Waals surface area contributed by atoms with Crippen molar-refractivity contribution in [3.63, 3.8) is 0 Å². The lowest BCUT2D eigenvalue weighted by atomic mass is 10.1. The number of nitrogens with two attached hydrogens (primary N) is 1. The molecule has 3 N–H and O–H groups in total. The molecule has 108 valence electrons. The molecule has 19 heavy (non-hydrogen) atoms. The van der Waals surface area contributed by atoms with Crippen LogP contribution in [0.5, 0.6) is 5.88 Å². The summed E-state index contributed by atoms with van der Waals surface area (Å²) in [5, 5.41) is 8.84. The van der Waals surface area contributed by atoms with Crippen LogP contribution in [0.3, 0.4) is 0 Å². The lowest BCUT2D eigenvalue weighted by molar-refractivity contribution is -0.276. The third-order valence-electron chi connectivity index (χ3n) is 2.07. The van der Waals surface area contributed by atoms with Gasteiger partial charge in [-0.25, -0.2) is 4.98 Å². The molecule has 4 nitrogen and oxygen atoms in total. The molecule has 0 unspecified atom stereocenters. The SMILES string of the molecule is NCc1c(C(F)(F)F)cc(OC(F)(F)F)nc1CO. The van der Waals surface area contributed by atoms with Crippen molar-refractivity contribution in [2.24, 2.45) is 5.73 Å². The van der Waals surface area contributed by atoms with Gasteiger partial charge in [-0.1, -0.05) is 0 Å². The largest absolute Gasteiger partial charge is 0.574 e. The second-order valence-corrected chi connectivity index (χ2v) is 3.34. The van der Waals surface area contributed by atoms with Gasteiger partial charge in [-0.05, 0) is 0 Å². The summed E-state index contributed by atoms with van der Waals surface area (Å²) in [5.41, 5.74) is 2.47. The first kappa shape index (κ1) is 15.5. The van der Waals surface area contributed by atoms with Gasteiger partial charge in [0, 0.05) is 18.2 Å². The Morgan fingerprint density at radius 2 is 1.79 bits per heavy atom. The average molecular weight is 290 g/mol. The van der Waals surface area contributed by atoms with Gasteiger partial charge >= 0.3 is 12.5 Å². The lowest BCUT2D eigenvalue weighted by Gasteiger charge is -2.17. The fraction of sp³-hybridized carbons (Fsp3) is 0.444. The summed E-state index contributed by atoms with van der Waals surface area (Å²) < 4.78 is 77.2. The number of aliphatic hydroxyl groups excluding tert-OH is 1. The van der Waals surface area contributed by atoms with Crippen LogP contribution >= 0.6 is 0 Å². The van der Waals surface area contributed by atoms with E-state index in [1.165, 1.54) is 0 Å². The standard InChI is InChI=1S/C9H8F6N2O2/c10-8(11,12)5-1-7(19-9(13,14)15)17-6(3-18)4(5)2-16/h1,18H,2-3,16H2. The highest BCUT2D eigenvalue weighted by Gasteiger charge is 2.37. The Morgan fingerprint density at radius 1 is 1.21 bits per heavy atom. The molecule has 0 aliphatic rings. The molecule has 0 aliphatic carbocycles. The van der Waals surface area contributed by atoms with Crippen LogP contribution in [-0.4, -0.2) is 16.5 Å². The van der Waals surface area contributed by atoms with Crippen LogP contribution in [0.4, 0.5) is 26.3 Å².